The predicted octanol–water partition coefficient (Wildman–Crippen LogP) is 1.80. The number of carbonyl (C=O) groups excluding carboxylic acids is 1. The van der Waals surface area contributed by atoms with Gasteiger partial charge < -0.3 is 4.74 Å². The van der Waals surface area contributed by atoms with E-state index in [0.29, 0.717) is 17.7 Å². The summed E-state index contributed by atoms with van der Waals surface area (Å²) in [5.74, 6) is -0.394. The molecule has 0 aliphatic carbocycles. The molecular formula is C12H16O4S. The van der Waals surface area contributed by atoms with Crippen LogP contribution in [0.15, 0.2) is 24.3 Å². The van der Waals surface area contributed by atoms with Crippen molar-refractivity contribution in [2.75, 3.05) is 12.9 Å². The fourth-order valence-corrected chi connectivity index (χ4v) is 2.12. The highest BCUT2D eigenvalue weighted by molar-refractivity contribution is 7.89. The van der Waals surface area contributed by atoms with Crippen LogP contribution in [-0.4, -0.2) is 27.2 Å². The van der Waals surface area contributed by atoms with Crippen molar-refractivity contribution in [2.24, 2.45) is 0 Å². The number of benzene rings is 1. The largest absolute Gasteiger partial charge is 0.462 e. The van der Waals surface area contributed by atoms with E-state index < -0.39 is 9.84 Å². The lowest BCUT2D eigenvalue weighted by molar-refractivity contribution is 0.0505. The Morgan fingerprint density at radius 2 is 1.82 bits per heavy atom. The van der Waals surface area contributed by atoms with Crippen molar-refractivity contribution in [1.82, 2.24) is 0 Å². The van der Waals surface area contributed by atoms with Gasteiger partial charge in [0.15, 0.2) is 9.84 Å². The highest BCUT2D eigenvalue weighted by Crippen LogP contribution is 2.09. The predicted molar refractivity (Wildman–Crippen MR) is 65.6 cm³/mol. The molecule has 0 amide bonds. The molecule has 0 aliphatic heterocycles. The molecule has 1 aromatic rings. The molecule has 0 fully saturated rings. The zero-order chi connectivity index (χ0) is 12.9. The Hall–Kier alpha value is -1.36. The van der Waals surface area contributed by atoms with Crippen molar-refractivity contribution >= 4 is 15.8 Å². The Kier molecular flexibility index (Phi) is 4.69. The van der Waals surface area contributed by atoms with Gasteiger partial charge >= 0.3 is 5.97 Å². The lowest BCUT2D eigenvalue weighted by Crippen LogP contribution is -2.06. The quantitative estimate of drug-likeness (QED) is 0.754. The van der Waals surface area contributed by atoms with Crippen LogP contribution in [0.3, 0.4) is 0 Å². The minimum Gasteiger partial charge on any atom is -0.462 e. The van der Waals surface area contributed by atoms with Crippen molar-refractivity contribution in [1.29, 1.82) is 0 Å². The second-order valence-corrected chi connectivity index (χ2v) is 6.04. The average molecular weight is 256 g/mol. The van der Waals surface area contributed by atoms with Gasteiger partial charge in [-0.3, -0.25) is 0 Å². The molecule has 0 aliphatic rings. The molecule has 0 unspecified atom stereocenters. The van der Waals surface area contributed by atoms with E-state index in [1.165, 1.54) is 6.26 Å². The van der Waals surface area contributed by atoms with Gasteiger partial charge in [-0.25, -0.2) is 13.2 Å². The van der Waals surface area contributed by atoms with Gasteiger partial charge in [0.2, 0.25) is 0 Å². The molecule has 0 heterocycles. The van der Waals surface area contributed by atoms with Gasteiger partial charge in [0.25, 0.3) is 0 Å². The second-order valence-electron chi connectivity index (χ2n) is 3.90. The summed E-state index contributed by atoms with van der Waals surface area (Å²) in [7, 11) is -3.04. The summed E-state index contributed by atoms with van der Waals surface area (Å²) >= 11 is 0. The Balaban J connectivity index is 2.71. The molecule has 5 heteroatoms. The first-order valence-electron chi connectivity index (χ1n) is 5.36. The van der Waals surface area contributed by atoms with Crippen LogP contribution >= 0.6 is 0 Å². The molecule has 0 spiro atoms. The molecule has 1 aromatic carbocycles. The minimum atomic E-state index is -3.04. The van der Waals surface area contributed by atoms with Crippen LogP contribution in [0, 0.1) is 0 Å². The zero-order valence-electron chi connectivity index (χ0n) is 9.97. The fourth-order valence-electron chi connectivity index (χ4n) is 1.32. The van der Waals surface area contributed by atoms with Crippen LogP contribution in [0.1, 0.15) is 29.3 Å². The van der Waals surface area contributed by atoms with Crippen molar-refractivity contribution in [3.8, 4) is 0 Å². The molecule has 0 radical (unpaired) electrons. The maximum atomic E-state index is 11.5. The third kappa shape index (κ3) is 4.99. The van der Waals surface area contributed by atoms with E-state index in [1.807, 2.05) is 6.92 Å². The van der Waals surface area contributed by atoms with E-state index in [2.05, 4.69) is 0 Å². The first-order valence-corrected chi connectivity index (χ1v) is 7.42. The molecular weight excluding hydrogens is 240 g/mol. The van der Waals surface area contributed by atoms with E-state index in [-0.39, 0.29) is 11.7 Å². The Labute approximate surface area is 102 Å². The van der Waals surface area contributed by atoms with E-state index in [1.54, 1.807) is 24.3 Å². The molecule has 0 bridgehead atoms. The molecule has 1 rings (SSSR count). The molecule has 94 valence electrons. The molecule has 0 atom stereocenters. The topological polar surface area (TPSA) is 60.4 Å². The van der Waals surface area contributed by atoms with Gasteiger partial charge in [-0.15, -0.1) is 0 Å². The summed E-state index contributed by atoms with van der Waals surface area (Å²) in [6.45, 7) is 2.31. The second kappa shape index (κ2) is 5.82. The number of hydrogen-bond acceptors (Lipinski definition) is 4. The highest BCUT2D eigenvalue weighted by atomic mass is 32.2. The van der Waals surface area contributed by atoms with Crippen LogP contribution in [0.25, 0.3) is 0 Å². The summed E-state index contributed by atoms with van der Waals surface area (Å²) in [5.41, 5.74) is 1.11. The van der Waals surface area contributed by atoms with Crippen molar-refractivity contribution in [3.63, 3.8) is 0 Å². The van der Waals surface area contributed by atoms with Crippen LogP contribution in [0.4, 0.5) is 0 Å². The monoisotopic (exact) mass is 256 g/mol. The van der Waals surface area contributed by atoms with E-state index in [4.69, 9.17) is 4.74 Å². The Morgan fingerprint density at radius 3 is 2.29 bits per heavy atom. The van der Waals surface area contributed by atoms with Gasteiger partial charge in [0.1, 0.15) is 0 Å². The summed E-state index contributed by atoms with van der Waals surface area (Å²) in [4.78, 5) is 11.5. The van der Waals surface area contributed by atoms with Crippen molar-refractivity contribution in [2.45, 2.75) is 19.1 Å². The van der Waals surface area contributed by atoms with Crippen LogP contribution in [0.2, 0.25) is 0 Å². The Bertz CT molecular complexity index is 474. The van der Waals surface area contributed by atoms with Gasteiger partial charge in [0.05, 0.1) is 17.9 Å². The average Bonchev–Trinajstić information content (AvgIpc) is 2.24. The van der Waals surface area contributed by atoms with Crippen LogP contribution < -0.4 is 0 Å². The molecule has 0 saturated carbocycles. The third-order valence-electron chi connectivity index (χ3n) is 2.06. The van der Waals surface area contributed by atoms with Gasteiger partial charge in [-0.2, -0.15) is 0 Å². The third-order valence-corrected chi connectivity index (χ3v) is 2.91. The van der Waals surface area contributed by atoms with E-state index >= 15 is 0 Å². The zero-order valence-corrected chi connectivity index (χ0v) is 10.8. The smallest absolute Gasteiger partial charge is 0.338 e. The fraction of sp³-hybridized carbons (Fsp3) is 0.417. The van der Waals surface area contributed by atoms with Gasteiger partial charge in [-0.05, 0) is 24.1 Å². The summed E-state index contributed by atoms with van der Waals surface area (Å²) in [6.07, 6.45) is 1.95. The molecule has 0 aromatic heterocycles. The summed E-state index contributed by atoms with van der Waals surface area (Å²) < 4.78 is 27.1. The van der Waals surface area contributed by atoms with E-state index in [0.717, 1.165) is 6.42 Å². The minimum absolute atomic E-state index is 0.0166. The van der Waals surface area contributed by atoms with Crippen LogP contribution in [-0.2, 0) is 20.3 Å². The summed E-state index contributed by atoms with van der Waals surface area (Å²) in [6, 6.07) is 6.42. The first kappa shape index (κ1) is 13.7. The maximum absolute atomic E-state index is 11.5. The molecule has 17 heavy (non-hydrogen) atoms. The van der Waals surface area contributed by atoms with Crippen molar-refractivity contribution in [3.05, 3.63) is 35.4 Å². The first-order chi connectivity index (χ1) is 7.92. The summed E-state index contributed by atoms with van der Waals surface area (Å²) in [5, 5.41) is 0. The normalized spacial score (nSPS) is 11.2. The number of sulfone groups is 1. The molecule has 0 saturated heterocycles. The maximum Gasteiger partial charge on any atom is 0.338 e. The highest BCUT2D eigenvalue weighted by Gasteiger charge is 2.08. The Morgan fingerprint density at radius 1 is 1.24 bits per heavy atom. The van der Waals surface area contributed by atoms with E-state index in [9.17, 15) is 13.2 Å². The molecule has 4 nitrogen and oxygen atoms in total. The number of ether oxygens (including phenoxy) is 1. The van der Waals surface area contributed by atoms with Gasteiger partial charge in [0, 0.05) is 6.26 Å². The van der Waals surface area contributed by atoms with Gasteiger partial charge in [-0.1, -0.05) is 19.1 Å². The number of hydrogen-bond donors (Lipinski definition) is 0. The SMILES string of the molecule is CCCOC(=O)c1ccc(CS(C)(=O)=O)cc1. The lowest BCUT2D eigenvalue weighted by Gasteiger charge is -2.04. The standard InChI is InChI=1S/C12H16O4S/c1-3-8-16-12(13)11-6-4-10(5-7-11)9-17(2,14)15/h4-7H,3,8-9H2,1-2H3. The van der Waals surface area contributed by atoms with Crippen molar-refractivity contribution < 1.29 is 17.9 Å². The number of rotatable bonds is 5. The lowest BCUT2D eigenvalue weighted by atomic mass is 10.1. The number of carbonyl (C=O) groups is 1. The number of esters is 1. The molecule has 0 N–H and O–H groups in total. The van der Waals surface area contributed by atoms with Crippen LogP contribution in [0.5, 0.6) is 0 Å².